The Morgan fingerprint density at radius 1 is 1.14 bits per heavy atom. The third kappa shape index (κ3) is 5.79. The number of hydrogen-bond donors (Lipinski definition) is 0. The van der Waals surface area contributed by atoms with E-state index in [2.05, 4.69) is 0 Å². The maximum atomic E-state index is 12.1. The summed E-state index contributed by atoms with van der Waals surface area (Å²) in [4.78, 5) is 23.5. The molecule has 0 fully saturated rings. The standard InChI is InChI=1S/C16H22O4S/c1-4-19-14(17)10-11-21-15(16(18)20-5-2)13-9-7-6-8-12(13)3/h6-9,15H,4-5,10-11H2,1-3H3/t15-/m0/s1. The summed E-state index contributed by atoms with van der Waals surface area (Å²) in [5.74, 6) is 0.0226. The Bertz CT molecular complexity index is 473. The average Bonchev–Trinajstić information content (AvgIpc) is 2.45. The lowest BCUT2D eigenvalue weighted by atomic mass is 10.1. The molecular formula is C16H22O4S. The second-order valence-corrected chi connectivity index (χ2v) is 5.63. The lowest BCUT2D eigenvalue weighted by Gasteiger charge is -2.17. The molecule has 1 aromatic rings. The molecule has 0 saturated carbocycles. The Kier molecular flexibility index (Phi) is 7.90. The van der Waals surface area contributed by atoms with Gasteiger partial charge in [0, 0.05) is 5.75 Å². The van der Waals surface area contributed by atoms with Crippen molar-refractivity contribution in [3.8, 4) is 0 Å². The van der Waals surface area contributed by atoms with Gasteiger partial charge in [-0.15, -0.1) is 11.8 Å². The monoisotopic (exact) mass is 310 g/mol. The van der Waals surface area contributed by atoms with Gasteiger partial charge in [0.05, 0.1) is 19.6 Å². The Balaban J connectivity index is 2.72. The molecule has 0 unspecified atom stereocenters. The molecule has 0 aromatic heterocycles. The summed E-state index contributed by atoms with van der Waals surface area (Å²) < 4.78 is 10.0. The fraction of sp³-hybridized carbons (Fsp3) is 0.500. The molecule has 0 spiro atoms. The van der Waals surface area contributed by atoms with Crippen molar-refractivity contribution in [1.29, 1.82) is 0 Å². The minimum absolute atomic E-state index is 0.239. The molecule has 0 aliphatic carbocycles. The van der Waals surface area contributed by atoms with Crippen molar-refractivity contribution in [2.24, 2.45) is 0 Å². The third-order valence-electron chi connectivity index (χ3n) is 2.87. The van der Waals surface area contributed by atoms with E-state index in [-0.39, 0.29) is 11.9 Å². The van der Waals surface area contributed by atoms with Crippen LogP contribution in [-0.4, -0.2) is 30.9 Å². The molecule has 0 saturated heterocycles. The van der Waals surface area contributed by atoms with Gasteiger partial charge in [0.15, 0.2) is 0 Å². The molecule has 21 heavy (non-hydrogen) atoms. The first kappa shape index (κ1) is 17.6. The SMILES string of the molecule is CCOC(=O)CCS[C@H](C(=O)OCC)c1ccccc1C. The summed E-state index contributed by atoms with van der Waals surface area (Å²) in [5.41, 5.74) is 1.98. The van der Waals surface area contributed by atoms with E-state index < -0.39 is 5.25 Å². The molecular weight excluding hydrogens is 288 g/mol. The molecule has 1 rings (SSSR count). The lowest BCUT2D eigenvalue weighted by Crippen LogP contribution is -2.15. The smallest absolute Gasteiger partial charge is 0.323 e. The number of carbonyl (C=O) groups is 2. The van der Waals surface area contributed by atoms with Crippen molar-refractivity contribution in [3.63, 3.8) is 0 Å². The first-order chi connectivity index (χ1) is 10.1. The van der Waals surface area contributed by atoms with Gasteiger partial charge in [-0.3, -0.25) is 9.59 Å². The van der Waals surface area contributed by atoms with E-state index in [9.17, 15) is 9.59 Å². The second kappa shape index (κ2) is 9.45. The quantitative estimate of drug-likeness (QED) is 0.690. The van der Waals surface area contributed by atoms with Gasteiger partial charge < -0.3 is 9.47 Å². The largest absolute Gasteiger partial charge is 0.466 e. The topological polar surface area (TPSA) is 52.6 Å². The van der Waals surface area contributed by atoms with Crippen molar-refractivity contribution in [2.45, 2.75) is 32.4 Å². The van der Waals surface area contributed by atoms with E-state index in [0.717, 1.165) is 11.1 Å². The van der Waals surface area contributed by atoms with Crippen molar-refractivity contribution < 1.29 is 19.1 Å². The van der Waals surface area contributed by atoms with Crippen LogP contribution in [0.25, 0.3) is 0 Å². The molecule has 0 bridgehead atoms. The van der Waals surface area contributed by atoms with E-state index in [1.165, 1.54) is 11.8 Å². The van der Waals surface area contributed by atoms with Crippen LogP contribution in [0.1, 0.15) is 36.6 Å². The summed E-state index contributed by atoms with van der Waals surface area (Å²) in [7, 11) is 0. The summed E-state index contributed by atoms with van der Waals surface area (Å²) in [5, 5.41) is -0.402. The number of aryl methyl sites for hydroxylation is 1. The third-order valence-corrected chi connectivity index (χ3v) is 4.09. The Morgan fingerprint density at radius 2 is 1.81 bits per heavy atom. The molecule has 0 aliphatic heterocycles. The van der Waals surface area contributed by atoms with Crippen LogP contribution in [0.4, 0.5) is 0 Å². The van der Waals surface area contributed by atoms with E-state index in [1.807, 2.05) is 31.2 Å². The van der Waals surface area contributed by atoms with Crippen LogP contribution in [0.3, 0.4) is 0 Å². The highest BCUT2D eigenvalue weighted by molar-refractivity contribution is 8.00. The minimum Gasteiger partial charge on any atom is -0.466 e. The summed E-state index contributed by atoms with van der Waals surface area (Å²) >= 11 is 1.42. The Morgan fingerprint density at radius 3 is 2.43 bits per heavy atom. The van der Waals surface area contributed by atoms with E-state index in [1.54, 1.807) is 13.8 Å². The van der Waals surface area contributed by atoms with Gasteiger partial charge in [-0.2, -0.15) is 0 Å². The Hall–Kier alpha value is -1.49. The molecule has 5 heteroatoms. The number of thioether (sulfide) groups is 1. The summed E-state index contributed by atoms with van der Waals surface area (Å²) in [6.07, 6.45) is 0.292. The van der Waals surface area contributed by atoms with Gasteiger partial charge in [0.25, 0.3) is 0 Å². The lowest BCUT2D eigenvalue weighted by molar-refractivity contribution is -0.143. The molecule has 0 N–H and O–H groups in total. The van der Waals surface area contributed by atoms with Gasteiger partial charge in [-0.1, -0.05) is 24.3 Å². The normalized spacial score (nSPS) is 11.8. The average molecular weight is 310 g/mol. The number of esters is 2. The van der Waals surface area contributed by atoms with Crippen molar-refractivity contribution in [3.05, 3.63) is 35.4 Å². The number of ether oxygens (including phenoxy) is 2. The predicted octanol–water partition coefficient (Wildman–Crippen LogP) is 3.29. The molecule has 4 nitrogen and oxygen atoms in total. The van der Waals surface area contributed by atoms with Gasteiger partial charge in [0.1, 0.15) is 5.25 Å². The van der Waals surface area contributed by atoms with Crippen molar-refractivity contribution >= 4 is 23.7 Å². The van der Waals surface area contributed by atoms with E-state index >= 15 is 0 Å². The highest BCUT2D eigenvalue weighted by Gasteiger charge is 2.24. The number of rotatable bonds is 8. The molecule has 1 atom stereocenters. The number of carbonyl (C=O) groups excluding carboxylic acids is 2. The summed E-state index contributed by atoms with van der Waals surface area (Å²) in [6, 6.07) is 7.73. The fourth-order valence-electron chi connectivity index (χ4n) is 1.88. The van der Waals surface area contributed by atoms with Crippen LogP contribution in [0.15, 0.2) is 24.3 Å². The molecule has 0 radical (unpaired) electrons. The zero-order chi connectivity index (χ0) is 15.7. The van der Waals surface area contributed by atoms with Crippen LogP contribution in [0.5, 0.6) is 0 Å². The first-order valence-corrected chi connectivity index (χ1v) is 8.14. The number of benzene rings is 1. The van der Waals surface area contributed by atoms with Gasteiger partial charge >= 0.3 is 11.9 Å². The fourth-order valence-corrected chi connectivity index (χ4v) is 3.05. The number of hydrogen-bond acceptors (Lipinski definition) is 5. The van der Waals surface area contributed by atoms with Crippen LogP contribution in [0, 0.1) is 6.92 Å². The maximum Gasteiger partial charge on any atom is 0.323 e. The predicted molar refractivity (Wildman–Crippen MR) is 84.3 cm³/mol. The summed E-state index contributed by atoms with van der Waals surface area (Å²) in [6.45, 7) is 6.26. The highest BCUT2D eigenvalue weighted by Crippen LogP contribution is 2.32. The zero-order valence-corrected chi connectivity index (χ0v) is 13.6. The second-order valence-electron chi connectivity index (χ2n) is 4.41. The first-order valence-electron chi connectivity index (χ1n) is 7.09. The van der Waals surface area contributed by atoms with E-state index in [0.29, 0.717) is 25.4 Å². The molecule has 116 valence electrons. The van der Waals surface area contributed by atoms with Gasteiger partial charge in [-0.05, 0) is 31.9 Å². The van der Waals surface area contributed by atoms with Crippen LogP contribution in [0.2, 0.25) is 0 Å². The zero-order valence-electron chi connectivity index (χ0n) is 12.8. The molecule has 0 amide bonds. The van der Waals surface area contributed by atoms with Crippen molar-refractivity contribution in [2.75, 3.05) is 19.0 Å². The van der Waals surface area contributed by atoms with Gasteiger partial charge in [0.2, 0.25) is 0 Å². The molecule has 0 heterocycles. The van der Waals surface area contributed by atoms with Crippen molar-refractivity contribution in [1.82, 2.24) is 0 Å². The van der Waals surface area contributed by atoms with Crippen LogP contribution >= 0.6 is 11.8 Å². The van der Waals surface area contributed by atoms with Crippen LogP contribution in [-0.2, 0) is 19.1 Å². The molecule has 1 aromatic carbocycles. The Labute approximate surface area is 130 Å². The molecule has 0 aliphatic rings. The van der Waals surface area contributed by atoms with E-state index in [4.69, 9.17) is 9.47 Å². The van der Waals surface area contributed by atoms with Crippen LogP contribution < -0.4 is 0 Å². The minimum atomic E-state index is -0.402. The highest BCUT2D eigenvalue weighted by atomic mass is 32.2. The van der Waals surface area contributed by atoms with Gasteiger partial charge in [-0.25, -0.2) is 0 Å². The maximum absolute atomic E-state index is 12.1.